The summed E-state index contributed by atoms with van der Waals surface area (Å²) >= 11 is 0. The molecular formula is C114H60N12O8+4. The molecule has 3 N–H and O–H groups in total. The summed E-state index contributed by atoms with van der Waals surface area (Å²) in [4.78, 5) is 72.1. The fourth-order valence-corrected chi connectivity index (χ4v) is 24.2. The molecule has 20 nitrogen and oxygen atoms in total. The number of rotatable bonds is 9. The molecule has 134 heavy (non-hydrogen) atoms. The molecule has 0 saturated carbocycles. The van der Waals surface area contributed by atoms with E-state index in [9.17, 15) is 34.5 Å². The van der Waals surface area contributed by atoms with Crippen molar-refractivity contribution < 1.29 is 57.5 Å². The van der Waals surface area contributed by atoms with E-state index in [0.29, 0.717) is 12.2 Å². The Bertz CT molecular complexity index is 9930. The second-order valence-electron chi connectivity index (χ2n) is 35.8. The van der Waals surface area contributed by atoms with E-state index in [1.54, 1.807) is 36.4 Å². The van der Waals surface area contributed by atoms with Crippen molar-refractivity contribution in [3.05, 3.63) is 450 Å². The minimum atomic E-state index is -1.40. The Labute approximate surface area is 755 Å². The molecule has 12 aliphatic rings. The number of aromatic carboxylic acids is 3. The minimum Gasteiger partial charge on any atom is -0.478 e. The largest absolute Gasteiger partial charge is 0.499 e. The van der Waals surface area contributed by atoms with Crippen LogP contribution in [0.25, 0.3) is 114 Å². The lowest BCUT2D eigenvalue weighted by atomic mass is 9.89. The maximum absolute atomic E-state index is 12.8. The molecule has 20 aromatic rings. The Morgan fingerprint density at radius 2 is 0.649 bits per heavy atom. The van der Waals surface area contributed by atoms with Crippen molar-refractivity contribution in [3.8, 4) is 5.75 Å². The summed E-state index contributed by atoms with van der Waals surface area (Å²) in [6.07, 6.45) is 0. The standard InChI is InChI=1S/C73H37N5O6.C41H20N7O2/c79-37-84-51-27-25-40(26-28-51)62-66-55-32-46-12-4-2-10-44(46)30-53(55)64-60(38-17-21-41(22-18-38)71(80)81)63-52-29-43-9-1-3-11-45(43)31-54(52)65-61(39-19-23-42(24-20-39)72(82)83)67-56-33-47-13-5-7-15-49(47)35-58(56)69-74-70-59-36-50-16-8-6-14-48(50)34-57(59)68(62)78(70)73(75(63)65,76(64)66)77(67)69;49-40(50)22-19-17-21(18-20-22)31-32-23-9-1-3-11-25(23)34-42-36-27-13-5-7-15-29(27)38-44-39-30-16-8-6-14-28(30)37-43-35-26-12-4-2-10-24(26)33(31)46(35)41(45(32)34,47(36)38)48(37)39/h1-37H;1-20H/q;+1/p+3. The van der Waals surface area contributed by atoms with E-state index in [-0.39, 0.29) is 16.7 Å². The Kier molecular flexibility index (Phi) is 13.1. The van der Waals surface area contributed by atoms with Gasteiger partial charge in [-0.1, -0.05) is 210 Å². The number of nitrogens with zero attached hydrogens (tertiary/aromatic N) is 12. The Morgan fingerprint density at radius 3 is 1.16 bits per heavy atom. The van der Waals surface area contributed by atoms with E-state index in [4.69, 9.17) is 24.7 Å². The van der Waals surface area contributed by atoms with E-state index in [1.165, 1.54) is 0 Å². The Morgan fingerprint density at radius 1 is 0.291 bits per heavy atom. The molecule has 0 amide bonds. The normalized spacial score (nSPS) is 17.5. The van der Waals surface area contributed by atoms with Crippen molar-refractivity contribution in [2.75, 3.05) is 0 Å². The number of carboxylic acid groups (broad SMARTS) is 3. The molecular weight excluding hydrogens is 1670 g/mol. The first kappa shape index (κ1) is 71.5. The van der Waals surface area contributed by atoms with E-state index >= 15 is 0 Å². The summed E-state index contributed by atoms with van der Waals surface area (Å²) in [5.41, 5.74) is 21.4. The van der Waals surface area contributed by atoms with Crippen LogP contribution in [0.3, 0.4) is 0 Å². The van der Waals surface area contributed by atoms with Crippen LogP contribution in [0.5, 0.6) is 5.75 Å². The Balaban J connectivity index is 0.000000142. The number of carbonyl (C=O) groups is 4. The summed E-state index contributed by atoms with van der Waals surface area (Å²) < 4.78 is 25.0. The van der Waals surface area contributed by atoms with Gasteiger partial charge in [0.2, 0.25) is 22.7 Å². The van der Waals surface area contributed by atoms with Gasteiger partial charge < -0.3 is 20.1 Å². The zero-order chi connectivity index (χ0) is 88.2. The molecule has 2 unspecified atom stereocenters. The van der Waals surface area contributed by atoms with Gasteiger partial charge in [0.25, 0.3) is 29.8 Å². The molecule has 2 spiro atoms. The molecule has 0 bridgehead atoms. The zero-order valence-electron chi connectivity index (χ0n) is 70.2. The molecule has 0 aliphatic carbocycles. The van der Waals surface area contributed by atoms with Crippen LogP contribution in [0.1, 0.15) is 104 Å². The summed E-state index contributed by atoms with van der Waals surface area (Å²) in [5.74, 6) is 0.727. The molecule has 32 rings (SSSR count). The predicted octanol–water partition coefficient (Wildman–Crippen LogP) is 17.4. The van der Waals surface area contributed by atoms with Crippen LogP contribution in [0.4, 0.5) is 17.5 Å². The van der Waals surface area contributed by atoms with Gasteiger partial charge in [0, 0.05) is 43.4 Å². The number of aliphatic imine (C=N–C) groups is 3. The summed E-state index contributed by atoms with van der Waals surface area (Å²) in [6.45, 7) is 0.450. The first-order valence-corrected chi connectivity index (χ1v) is 44.4. The van der Waals surface area contributed by atoms with Crippen LogP contribution in [0.15, 0.2) is 360 Å². The number of carboxylic acids is 3. The van der Waals surface area contributed by atoms with Gasteiger partial charge in [-0.2, -0.15) is 9.13 Å². The van der Waals surface area contributed by atoms with Gasteiger partial charge >= 0.3 is 41.4 Å². The van der Waals surface area contributed by atoms with Crippen LogP contribution in [0, 0.1) is 0 Å². The number of hydrogen-bond acceptors (Lipinski definition) is 9. The first-order valence-electron chi connectivity index (χ1n) is 44.4. The third kappa shape index (κ3) is 8.43. The maximum Gasteiger partial charge on any atom is 0.499 e. The van der Waals surface area contributed by atoms with Crippen molar-refractivity contribution in [2.24, 2.45) is 20.0 Å². The molecule has 620 valence electrons. The van der Waals surface area contributed by atoms with Gasteiger partial charge in [-0.25, -0.2) is 23.5 Å². The van der Waals surface area contributed by atoms with Crippen LogP contribution in [-0.4, -0.2) is 117 Å². The smallest absolute Gasteiger partial charge is 0.478 e. The Hall–Kier alpha value is -18.6. The van der Waals surface area contributed by atoms with Gasteiger partial charge in [0.05, 0.1) is 105 Å². The highest BCUT2D eigenvalue weighted by Gasteiger charge is 2.76. The minimum absolute atomic E-state index is 0.168. The average molecular weight is 1730 g/mol. The van der Waals surface area contributed by atoms with Gasteiger partial charge in [-0.05, 0) is 215 Å². The highest BCUT2D eigenvalue weighted by molar-refractivity contribution is 6.40. The first-order chi connectivity index (χ1) is 65.9. The molecule has 2 atom stereocenters. The second kappa shape index (κ2) is 24.6. The van der Waals surface area contributed by atoms with E-state index in [1.807, 2.05) is 60.7 Å². The summed E-state index contributed by atoms with van der Waals surface area (Å²) in [6, 6.07) is 116. The van der Waals surface area contributed by atoms with Crippen LogP contribution < -0.4 is 26.3 Å². The van der Waals surface area contributed by atoms with E-state index in [0.717, 1.165) is 266 Å². The molecule has 16 aromatic carbocycles. The molecule has 12 aliphatic heterocycles. The lowest BCUT2D eigenvalue weighted by Crippen LogP contribution is -2.72. The number of amidine groups is 4. The van der Waals surface area contributed by atoms with Crippen LogP contribution in [0.2, 0.25) is 0 Å². The van der Waals surface area contributed by atoms with Crippen LogP contribution >= 0.6 is 0 Å². The second-order valence-corrected chi connectivity index (χ2v) is 35.8. The number of hydrogen-bond donors (Lipinski definition) is 3. The highest BCUT2D eigenvalue weighted by atomic mass is 16.5. The SMILES string of the molecule is O=C(O)c1ccc(C2=c3c4ccccc4c4n3C35n6c(c7ccccc7c6N=C6c7ccccc7C2=[N+]63)N=C2c3ccccc3C(=[N+]25)N=4)cc1.O=COc1ccc(C2=c3c4cc5ccccc5cc4c4n3C35n6c(c7cc8ccccc8cc7c6C(c6ccc(C(=O)O)cc6)=C6c7cc8ccccc8cc7C(=[N+]63)C=4c3ccc(C(=O)O)cc3)N=C3c4cc6ccccc6cc4C2=[N+]35)cc1. The van der Waals surface area contributed by atoms with E-state index < -0.39 is 29.7 Å². The number of ether oxygens (including phenoxy) is 1. The third-order valence-corrected chi connectivity index (χ3v) is 29.4. The number of aromatic nitrogens is 4. The van der Waals surface area contributed by atoms with Gasteiger partial charge in [0.15, 0.2) is 11.4 Å². The van der Waals surface area contributed by atoms with Gasteiger partial charge in [-0.3, -0.25) is 4.79 Å². The quantitative estimate of drug-likeness (QED) is 0.0930. The van der Waals surface area contributed by atoms with E-state index in [2.05, 4.69) is 279 Å². The van der Waals surface area contributed by atoms with Crippen LogP contribution in [-0.2, 0) is 16.6 Å². The lowest BCUT2D eigenvalue weighted by Gasteiger charge is -2.41. The van der Waals surface area contributed by atoms with Crippen molar-refractivity contribution in [1.29, 1.82) is 0 Å². The fourth-order valence-electron chi connectivity index (χ4n) is 24.2. The average Bonchev–Trinajstić information content (AvgIpc) is 1.45. The van der Waals surface area contributed by atoms with Crippen molar-refractivity contribution in [2.45, 2.75) is 11.8 Å². The third-order valence-electron chi connectivity index (χ3n) is 29.4. The zero-order valence-corrected chi connectivity index (χ0v) is 70.2. The molecule has 16 heterocycles. The molecule has 0 saturated heterocycles. The van der Waals surface area contributed by atoms with Crippen molar-refractivity contribution in [3.63, 3.8) is 0 Å². The topological polar surface area (TPSA) is 219 Å². The number of carbonyl (C=O) groups excluding carboxylic acids is 1. The summed E-state index contributed by atoms with van der Waals surface area (Å²) in [7, 11) is 0. The fraction of sp³-hybridized carbons (Fsp3) is 0.0175. The predicted molar refractivity (Wildman–Crippen MR) is 513 cm³/mol. The van der Waals surface area contributed by atoms with Crippen molar-refractivity contribution >= 4 is 196 Å². The van der Waals surface area contributed by atoms with Gasteiger partial charge in [-0.15, -0.1) is 18.3 Å². The molecule has 0 radical (unpaired) electrons. The molecule has 0 fully saturated rings. The van der Waals surface area contributed by atoms with Gasteiger partial charge in [0.1, 0.15) is 5.75 Å². The van der Waals surface area contributed by atoms with Crippen molar-refractivity contribution in [1.82, 2.24) is 18.3 Å². The number of benzene rings is 16. The molecule has 4 aromatic heterocycles. The number of fused-ring (bicyclic) bond motifs is 28. The lowest BCUT2D eigenvalue weighted by molar-refractivity contribution is -0.797. The highest BCUT2D eigenvalue weighted by Crippen LogP contribution is 2.61. The monoisotopic (exact) mass is 1720 g/mol. The maximum atomic E-state index is 12.8. The summed E-state index contributed by atoms with van der Waals surface area (Å²) in [5, 5.41) is 50.2. The molecule has 20 heteroatoms.